The fraction of sp³-hybridized carbons (Fsp3) is 0.524. The molecule has 1 saturated carbocycles. The van der Waals surface area contributed by atoms with Gasteiger partial charge in [0, 0.05) is 37.3 Å². The van der Waals surface area contributed by atoms with Crippen LogP contribution in [0.5, 0.6) is 0 Å². The van der Waals surface area contributed by atoms with E-state index in [1.807, 2.05) is 13.8 Å². The van der Waals surface area contributed by atoms with Crippen molar-refractivity contribution in [3.8, 4) is 0 Å². The Bertz CT molecular complexity index is 813. The van der Waals surface area contributed by atoms with E-state index in [1.165, 1.54) is 0 Å². The fourth-order valence-corrected chi connectivity index (χ4v) is 4.06. The van der Waals surface area contributed by atoms with E-state index in [4.69, 9.17) is 0 Å². The summed E-state index contributed by atoms with van der Waals surface area (Å²) in [6, 6.07) is 6.35. The second-order valence-electron chi connectivity index (χ2n) is 7.53. The summed E-state index contributed by atoms with van der Waals surface area (Å²) in [5, 5.41) is 5.56. The minimum absolute atomic E-state index is 0.00343. The van der Waals surface area contributed by atoms with E-state index in [9.17, 15) is 19.2 Å². The number of anilines is 1. The Balaban J connectivity index is 1.57. The largest absolute Gasteiger partial charge is 0.339 e. The van der Waals surface area contributed by atoms with E-state index in [-0.39, 0.29) is 30.7 Å². The van der Waals surface area contributed by atoms with Crippen LogP contribution in [0.1, 0.15) is 56.3 Å². The lowest BCUT2D eigenvalue weighted by Gasteiger charge is -2.20. The quantitative estimate of drug-likeness (QED) is 0.687. The first-order valence-electron chi connectivity index (χ1n) is 10.2. The Morgan fingerprint density at radius 3 is 2.52 bits per heavy atom. The lowest BCUT2D eigenvalue weighted by molar-refractivity contribution is -0.131. The maximum atomic E-state index is 12.6. The third kappa shape index (κ3) is 4.26. The predicted molar refractivity (Wildman–Crippen MR) is 108 cm³/mol. The molecule has 1 aliphatic heterocycles. The molecule has 5 amide bonds. The van der Waals surface area contributed by atoms with Crippen molar-refractivity contribution in [3.63, 3.8) is 0 Å². The van der Waals surface area contributed by atoms with Crippen LogP contribution < -0.4 is 10.6 Å². The zero-order chi connectivity index (χ0) is 21.0. The Morgan fingerprint density at radius 2 is 1.86 bits per heavy atom. The van der Waals surface area contributed by atoms with E-state index < -0.39 is 11.6 Å². The second kappa shape index (κ2) is 8.63. The third-order valence-corrected chi connectivity index (χ3v) is 5.71. The molecule has 0 radical (unpaired) electrons. The van der Waals surface area contributed by atoms with Gasteiger partial charge in [0.05, 0.1) is 0 Å². The standard InChI is InChI=1S/C21H28N4O4/c1-3-24(4-2)18(27)15-8-7-9-16(14-15)22-17(26)10-13-25-19(28)21(23-20(25)29)11-5-6-12-21/h7-9,14H,3-6,10-13H2,1-2H3,(H,22,26)(H,23,29). The molecule has 2 fully saturated rings. The van der Waals surface area contributed by atoms with Gasteiger partial charge in [0.25, 0.3) is 11.8 Å². The van der Waals surface area contributed by atoms with Gasteiger partial charge >= 0.3 is 6.03 Å². The van der Waals surface area contributed by atoms with Crippen molar-refractivity contribution in [2.75, 3.05) is 25.0 Å². The number of urea groups is 1. The first-order chi connectivity index (χ1) is 13.9. The summed E-state index contributed by atoms with van der Waals surface area (Å²) in [5.74, 6) is -0.627. The molecule has 1 aromatic carbocycles. The van der Waals surface area contributed by atoms with Gasteiger partial charge in [0.1, 0.15) is 5.54 Å². The minimum atomic E-state index is -0.757. The van der Waals surface area contributed by atoms with Gasteiger partial charge in [-0.1, -0.05) is 18.9 Å². The van der Waals surface area contributed by atoms with Crippen LogP contribution in [0.4, 0.5) is 10.5 Å². The zero-order valence-corrected chi connectivity index (χ0v) is 17.0. The highest BCUT2D eigenvalue weighted by Crippen LogP contribution is 2.35. The number of nitrogens with zero attached hydrogens (tertiary/aromatic N) is 2. The van der Waals surface area contributed by atoms with Crippen molar-refractivity contribution < 1.29 is 19.2 Å². The van der Waals surface area contributed by atoms with Crippen molar-refractivity contribution in [2.45, 2.75) is 51.5 Å². The molecule has 1 aliphatic carbocycles. The molecule has 1 spiro atoms. The number of rotatable bonds is 7. The van der Waals surface area contributed by atoms with Gasteiger partial charge in [0.2, 0.25) is 5.91 Å². The van der Waals surface area contributed by atoms with Crippen LogP contribution >= 0.6 is 0 Å². The summed E-state index contributed by atoms with van der Waals surface area (Å²) in [4.78, 5) is 52.5. The molecule has 8 nitrogen and oxygen atoms in total. The maximum Gasteiger partial charge on any atom is 0.325 e. The van der Waals surface area contributed by atoms with Crippen LogP contribution in [-0.2, 0) is 9.59 Å². The monoisotopic (exact) mass is 400 g/mol. The molecule has 1 aromatic rings. The van der Waals surface area contributed by atoms with Crippen molar-refractivity contribution in [3.05, 3.63) is 29.8 Å². The molecule has 8 heteroatoms. The number of benzene rings is 1. The van der Waals surface area contributed by atoms with Gasteiger partial charge in [-0.2, -0.15) is 0 Å². The molecule has 2 N–H and O–H groups in total. The van der Waals surface area contributed by atoms with Crippen LogP contribution in [0.3, 0.4) is 0 Å². The topological polar surface area (TPSA) is 98.8 Å². The summed E-state index contributed by atoms with van der Waals surface area (Å²) in [6.45, 7) is 5.09. The Kier molecular flexibility index (Phi) is 6.20. The number of hydrogen-bond acceptors (Lipinski definition) is 4. The molecule has 1 heterocycles. The summed E-state index contributed by atoms with van der Waals surface area (Å²) in [7, 11) is 0. The SMILES string of the molecule is CCN(CC)C(=O)c1cccc(NC(=O)CCN2C(=O)NC3(CCCC3)C2=O)c1. The molecule has 29 heavy (non-hydrogen) atoms. The second-order valence-corrected chi connectivity index (χ2v) is 7.53. The molecule has 3 rings (SSSR count). The lowest BCUT2D eigenvalue weighted by atomic mass is 9.98. The van der Waals surface area contributed by atoms with E-state index in [0.717, 1.165) is 17.7 Å². The van der Waals surface area contributed by atoms with Gasteiger partial charge < -0.3 is 15.5 Å². The van der Waals surface area contributed by atoms with Crippen LogP contribution in [0.2, 0.25) is 0 Å². The van der Waals surface area contributed by atoms with E-state index in [1.54, 1.807) is 29.2 Å². The average Bonchev–Trinajstić information content (AvgIpc) is 3.26. The number of carbonyl (C=O) groups is 4. The van der Waals surface area contributed by atoms with Gasteiger partial charge in [-0.25, -0.2) is 4.79 Å². The molecule has 0 atom stereocenters. The van der Waals surface area contributed by atoms with Crippen molar-refractivity contribution in [1.82, 2.24) is 15.1 Å². The number of hydrogen-bond donors (Lipinski definition) is 2. The van der Waals surface area contributed by atoms with Gasteiger partial charge in [-0.15, -0.1) is 0 Å². The Morgan fingerprint density at radius 1 is 1.17 bits per heavy atom. The molecule has 0 bridgehead atoms. The van der Waals surface area contributed by atoms with Gasteiger partial charge in [0.15, 0.2) is 0 Å². The molecule has 0 aromatic heterocycles. The normalized spacial score (nSPS) is 17.5. The van der Waals surface area contributed by atoms with E-state index >= 15 is 0 Å². The Labute approximate surface area is 170 Å². The van der Waals surface area contributed by atoms with E-state index in [2.05, 4.69) is 10.6 Å². The first kappa shape index (κ1) is 20.8. The van der Waals surface area contributed by atoms with Crippen LogP contribution in [0.25, 0.3) is 0 Å². The van der Waals surface area contributed by atoms with Crippen LogP contribution in [0, 0.1) is 0 Å². The Hall–Kier alpha value is -2.90. The molecule has 156 valence electrons. The van der Waals surface area contributed by atoms with E-state index in [0.29, 0.717) is 37.2 Å². The lowest BCUT2D eigenvalue weighted by Crippen LogP contribution is -2.44. The van der Waals surface area contributed by atoms with Gasteiger partial charge in [-0.3, -0.25) is 19.3 Å². The number of nitrogens with one attached hydrogen (secondary N) is 2. The maximum absolute atomic E-state index is 12.6. The molecular weight excluding hydrogens is 372 g/mol. The summed E-state index contributed by atoms with van der Waals surface area (Å²) in [5.41, 5.74) is 0.258. The smallest absolute Gasteiger partial charge is 0.325 e. The first-order valence-corrected chi connectivity index (χ1v) is 10.2. The van der Waals surface area contributed by atoms with Gasteiger partial charge in [-0.05, 0) is 44.9 Å². The van der Waals surface area contributed by atoms with Crippen LogP contribution in [-0.4, -0.2) is 58.7 Å². The van der Waals surface area contributed by atoms with Crippen LogP contribution in [0.15, 0.2) is 24.3 Å². The highest BCUT2D eigenvalue weighted by molar-refractivity contribution is 6.07. The average molecular weight is 400 g/mol. The van der Waals surface area contributed by atoms with Crippen molar-refractivity contribution in [2.24, 2.45) is 0 Å². The fourth-order valence-electron chi connectivity index (χ4n) is 4.06. The summed E-state index contributed by atoms with van der Waals surface area (Å²) < 4.78 is 0. The highest BCUT2D eigenvalue weighted by atomic mass is 16.2. The zero-order valence-electron chi connectivity index (χ0n) is 17.0. The molecule has 0 unspecified atom stereocenters. The molecule has 2 aliphatic rings. The molecule has 1 saturated heterocycles. The number of imide groups is 1. The molecular formula is C21H28N4O4. The number of carbonyl (C=O) groups excluding carboxylic acids is 4. The minimum Gasteiger partial charge on any atom is -0.339 e. The summed E-state index contributed by atoms with van der Waals surface area (Å²) in [6.07, 6.45) is 3.16. The third-order valence-electron chi connectivity index (χ3n) is 5.71. The number of amides is 5. The summed E-state index contributed by atoms with van der Waals surface area (Å²) >= 11 is 0. The van der Waals surface area contributed by atoms with Crippen molar-refractivity contribution >= 4 is 29.4 Å². The predicted octanol–water partition coefficient (Wildman–Crippen LogP) is 2.36. The van der Waals surface area contributed by atoms with Crippen molar-refractivity contribution in [1.29, 1.82) is 0 Å². The highest BCUT2D eigenvalue weighted by Gasteiger charge is 2.52.